The SMILES string of the molecule is O=C(NCc1ccccc1)C1=CN=CN(c2ccccc2)C1Cl. The van der Waals surface area contributed by atoms with E-state index in [1.165, 1.54) is 6.20 Å². The lowest BCUT2D eigenvalue weighted by Crippen LogP contribution is -2.39. The molecule has 5 heteroatoms. The number of amides is 1. The number of nitrogens with zero attached hydrogens (tertiary/aromatic N) is 2. The highest BCUT2D eigenvalue weighted by molar-refractivity contribution is 6.28. The average molecular weight is 326 g/mol. The molecule has 1 atom stereocenters. The number of benzene rings is 2. The van der Waals surface area contributed by atoms with E-state index in [-0.39, 0.29) is 5.91 Å². The predicted molar refractivity (Wildman–Crippen MR) is 93.4 cm³/mol. The van der Waals surface area contributed by atoms with Crippen molar-refractivity contribution in [2.24, 2.45) is 4.99 Å². The largest absolute Gasteiger partial charge is 0.348 e. The first-order chi connectivity index (χ1) is 11.3. The van der Waals surface area contributed by atoms with Crippen molar-refractivity contribution in [3.8, 4) is 0 Å². The summed E-state index contributed by atoms with van der Waals surface area (Å²) in [5.41, 5.74) is 1.75. The lowest BCUT2D eigenvalue weighted by atomic mass is 10.2. The normalized spacial score (nSPS) is 16.8. The van der Waals surface area contributed by atoms with Gasteiger partial charge in [-0.15, -0.1) is 0 Å². The van der Waals surface area contributed by atoms with Gasteiger partial charge in [-0.2, -0.15) is 0 Å². The van der Waals surface area contributed by atoms with E-state index < -0.39 is 5.50 Å². The van der Waals surface area contributed by atoms with Gasteiger partial charge in [0.2, 0.25) is 0 Å². The Bertz CT molecular complexity index is 728. The van der Waals surface area contributed by atoms with E-state index in [0.717, 1.165) is 11.3 Å². The van der Waals surface area contributed by atoms with Gasteiger partial charge in [-0.25, -0.2) is 4.99 Å². The van der Waals surface area contributed by atoms with Gasteiger partial charge in [0.05, 0.1) is 11.9 Å². The quantitative estimate of drug-likeness (QED) is 0.692. The Morgan fingerprint density at radius 3 is 2.43 bits per heavy atom. The van der Waals surface area contributed by atoms with Crippen LogP contribution in [0.3, 0.4) is 0 Å². The van der Waals surface area contributed by atoms with Gasteiger partial charge in [-0.3, -0.25) is 4.79 Å². The highest BCUT2D eigenvalue weighted by Crippen LogP contribution is 2.24. The third-order valence-corrected chi connectivity index (χ3v) is 3.96. The first-order valence-electron chi connectivity index (χ1n) is 7.28. The molecule has 1 aliphatic heterocycles. The van der Waals surface area contributed by atoms with E-state index in [2.05, 4.69) is 10.3 Å². The molecule has 0 bridgehead atoms. The van der Waals surface area contributed by atoms with Crippen molar-refractivity contribution in [2.45, 2.75) is 12.0 Å². The summed E-state index contributed by atoms with van der Waals surface area (Å²) >= 11 is 6.47. The minimum absolute atomic E-state index is 0.216. The molecule has 1 amide bonds. The first kappa shape index (κ1) is 15.3. The second-order valence-corrected chi connectivity index (χ2v) is 5.51. The van der Waals surface area contributed by atoms with Crippen LogP contribution in [0.15, 0.2) is 77.4 Å². The van der Waals surface area contributed by atoms with Crippen molar-refractivity contribution in [1.82, 2.24) is 5.32 Å². The molecule has 0 fully saturated rings. The molecule has 2 aromatic rings. The Labute approximate surface area is 140 Å². The van der Waals surface area contributed by atoms with Crippen LogP contribution in [-0.2, 0) is 11.3 Å². The van der Waals surface area contributed by atoms with E-state index in [9.17, 15) is 4.79 Å². The fourth-order valence-electron chi connectivity index (χ4n) is 2.30. The third kappa shape index (κ3) is 3.60. The smallest absolute Gasteiger partial charge is 0.252 e. The standard InChI is InChI=1S/C18H16ClN3O/c19-17-16(18(23)21-11-14-7-3-1-4-8-14)12-20-13-22(17)15-9-5-2-6-10-15/h1-10,12-13,17H,11H2,(H,21,23). The average Bonchev–Trinajstić information content (AvgIpc) is 2.61. The van der Waals surface area contributed by atoms with Gasteiger partial charge >= 0.3 is 0 Å². The minimum atomic E-state index is -0.592. The number of nitrogens with one attached hydrogen (secondary N) is 1. The Hall–Kier alpha value is -2.59. The van der Waals surface area contributed by atoms with Crippen LogP contribution in [0.4, 0.5) is 5.69 Å². The van der Waals surface area contributed by atoms with E-state index in [4.69, 9.17) is 11.6 Å². The highest BCUT2D eigenvalue weighted by Gasteiger charge is 2.26. The number of hydrogen-bond acceptors (Lipinski definition) is 3. The van der Waals surface area contributed by atoms with Gasteiger partial charge in [0, 0.05) is 18.4 Å². The molecule has 23 heavy (non-hydrogen) atoms. The number of alkyl halides is 1. The van der Waals surface area contributed by atoms with Gasteiger partial charge in [-0.1, -0.05) is 60.1 Å². The van der Waals surface area contributed by atoms with Gasteiger partial charge < -0.3 is 10.2 Å². The van der Waals surface area contributed by atoms with Gasteiger partial charge in [0.25, 0.3) is 5.91 Å². The van der Waals surface area contributed by atoms with Crippen molar-refractivity contribution in [3.63, 3.8) is 0 Å². The number of rotatable bonds is 4. The monoisotopic (exact) mass is 325 g/mol. The predicted octanol–water partition coefficient (Wildman–Crippen LogP) is 3.30. The summed E-state index contributed by atoms with van der Waals surface area (Å²) in [5.74, 6) is -0.216. The van der Waals surface area contributed by atoms with Crippen LogP contribution in [-0.4, -0.2) is 17.7 Å². The zero-order valence-corrected chi connectivity index (χ0v) is 13.1. The third-order valence-electron chi connectivity index (χ3n) is 3.52. The van der Waals surface area contributed by atoms with E-state index >= 15 is 0 Å². The van der Waals surface area contributed by atoms with E-state index in [1.807, 2.05) is 60.7 Å². The first-order valence-corrected chi connectivity index (χ1v) is 7.72. The van der Waals surface area contributed by atoms with Crippen LogP contribution in [0.5, 0.6) is 0 Å². The zero-order valence-electron chi connectivity index (χ0n) is 12.4. The summed E-state index contributed by atoms with van der Waals surface area (Å²) in [6.07, 6.45) is 3.14. The van der Waals surface area contributed by atoms with Gasteiger partial charge in [0.15, 0.2) is 0 Å². The van der Waals surface area contributed by atoms with Crippen molar-refractivity contribution >= 4 is 29.5 Å². The number of aliphatic imine (C=N–C) groups is 1. The second-order valence-electron chi connectivity index (χ2n) is 5.10. The second kappa shape index (κ2) is 7.11. The molecule has 1 unspecified atom stereocenters. The molecule has 1 aliphatic rings. The molecule has 1 heterocycles. The molecule has 0 saturated carbocycles. The zero-order chi connectivity index (χ0) is 16.1. The molecule has 0 saturated heterocycles. The summed E-state index contributed by atoms with van der Waals surface area (Å²) in [6.45, 7) is 0.454. The van der Waals surface area contributed by atoms with Crippen molar-refractivity contribution < 1.29 is 4.79 Å². The fraction of sp³-hybridized carbons (Fsp3) is 0.111. The minimum Gasteiger partial charge on any atom is -0.348 e. The molecule has 2 aromatic carbocycles. The Balaban J connectivity index is 1.69. The number of para-hydroxylation sites is 1. The molecule has 0 aliphatic carbocycles. The van der Waals surface area contributed by atoms with Crippen LogP contribution in [0, 0.1) is 0 Å². The van der Waals surface area contributed by atoms with Crippen molar-refractivity contribution in [3.05, 3.63) is 78.0 Å². The Kier molecular flexibility index (Phi) is 4.74. The molecule has 3 rings (SSSR count). The van der Waals surface area contributed by atoms with Crippen molar-refractivity contribution in [1.29, 1.82) is 0 Å². The fourth-order valence-corrected chi connectivity index (χ4v) is 2.62. The maximum atomic E-state index is 12.4. The van der Waals surface area contributed by atoms with Crippen LogP contribution in [0.25, 0.3) is 0 Å². The molecule has 0 aromatic heterocycles. The summed E-state index contributed by atoms with van der Waals surface area (Å²) in [7, 11) is 0. The van der Waals surface area contributed by atoms with Gasteiger partial charge in [-0.05, 0) is 17.7 Å². The summed E-state index contributed by atoms with van der Waals surface area (Å²) < 4.78 is 0. The molecular formula is C18H16ClN3O. The Morgan fingerprint density at radius 1 is 1.09 bits per heavy atom. The number of carbonyl (C=O) groups is 1. The topological polar surface area (TPSA) is 44.7 Å². The number of carbonyl (C=O) groups excluding carboxylic acids is 1. The van der Waals surface area contributed by atoms with E-state index in [0.29, 0.717) is 12.1 Å². The van der Waals surface area contributed by atoms with E-state index in [1.54, 1.807) is 11.2 Å². The van der Waals surface area contributed by atoms with Crippen LogP contribution < -0.4 is 10.2 Å². The maximum Gasteiger partial charge on any atom is 0.252 e. The lowest BCUT2D eigenvalue weighted by molar-refractivity contribution is -0.117. The maximum absolute atomic E-state index is 12.4. The summed E-state index contributed by atoms with van der Waals surface area (Å²) in [6, 6.07) is 19.3. The van der Waals surface area contributed by atoms with Crippen molar-refractivity contribution in [2.75, 3.05) is 4.90 Å². The number of anilines is 1. The molecular weight excluding hydrogens is 310 g/mol. The number of halogens is 1. The van der Waals surface area contributed by atoms with Gasteiger partial charge in [0.1, 0.15) is 5.50 Å². The van der Waals surface area contributed by atoms with Crippen LogP contribution in [0.2, 0.25) is 0 Å². The van der Waals surface area contributed by atoms with Crippen LogP contribution in [0.1, 0.15) is 5.56 Å². The Morgan fingerprint density at radius 2 is 1.74 bits per heavy atom. The molecule has 0 spiro atoms. The molecule has 0 radical (unpaired) electrons. The highest BCUT2D eigenvalue weighted by atomic mass is 35.5. The molecule has 1 N–H and O–H groups in total. The number of hydrogen-bond donors (Lipinski definition) is 1. The lowest BCUT2D eigenvalue weighted by Gasteiger charge is -2.28. The molecule has 116 valence electrons. The molecule has 4 nitrogen and oxygen atoms in total. The summed E-state index contributed by atoms with van der Waals surface area (Å²) in [4.78, 5) is 18.3. The summed E-state index contributed by atoms with van der Waals surface area (Å²) in [5, 5.41) is 2.88. The van der Waals surface area contributed by atoms with Crippen LogP contribution >= 0.6 is 11.6 Å².